The molecule has 0 bridgehead atoms. The van der Waals surface area contributed by atoms with Gasteiger partial charge in [-0.25, -0.2) is 29.0 Å². The number of hydrogen-bond acceptors (Lipinski definition) is 15. The summed E-state index contributed by atoms with van der Waals surface area (Å²) in [6.07, 6.45) is 5.49. The maximum atomic E-state index is 11.7. The van der Waals surface area contributed by atoms with Gasteiger partial charge in [-0.3, -0.25) is 24.3 Å². The number of nitrogens with one attached hydrogen (secondary N) is 4. The van der Waals surface area contributed by atoms with Crippen LogP contribution in [0.2, 0.25) is 0 Å². The Labute approximate surface area is 481 Å². The van der Waals surface area contributed by atoms with E-state index in [-0.39, 0.29) is 17.7 Å². The van der Waals surface area contributed by atoms with Crippen LogP contribution in [0.4, 0.5) is 17.5 Å². The van der Waals surface area contributed by atoms with Gasteiger partial charge >= 0.3 is 0 Å². The number of fused-ring (bicyclic) bond motifs is 3. The molecule has 0 fully saturated rings. The van der Waals surface area contributed by atoms with Crippen LogP contribution in [-0.2, 0) is 40.3 Å². The zero-order valence-electron chi connectivity index (χ0n) is 48.3. The van der Waals surface area contributed by atoms with E-state index in [0.717, 1.165) is 119 Å². The third-order valence-corrected chi connectivity index (χ3v) is 14.1. The smallest absolute Gasteiger partial charge is 0.253 e. The van der Waals surface area contributed by atoms with E-state index in [1.54, 1.807) is 26.3 Å². The number of nitrogens with zero attached hydrogens (tertiary/aromatic N) is 14. The first-order valence-corrected chi connectivity index (χ1v) is 27.6. The van der Waals surface area contributed by atoms with Gasteiger partial charge in [0.05, 0.1) is 34.2 Å². The van der Waals surface area contributed by atoms with E-state index in [0.29, 0.717) is 41.0 Å². The lowest BCUT2D eigenvalue weighted by molar-refractivity contribution is -0.115. The largest absolute Gasteiger partial charge is 0.312 e. The first-order chi connectivity index (χ1) is 40.0. The fraction of sp³-hybridized carbons (Fsp3) is 0.274. The van der Waals surface area contributed by atoms with Crippen LogP contribution in [-0.4, -0.2) is 106 Å². The maximum Gasteiger partial charge on any atom is 0.253 e. The number of carbonyl (C=O) groups excluding carboxylic acids is 3. The van der Waals surface area contributed by atoms with E-state index in [1.807, 2.05) is 108 Å². The topological polar surface area (TPSA) is 246 Å². The summed E-state index contributed by atoms with van der Waals surface area (Å²) in [5, 5.41) is 27.3. The Kier molecular flexibility index (Phi) is 16.7. The van der Waals surface area contributed by atoms with Crippen molar-refractivity contribution in [1.29, 1.82) is 0 Å². The van der Waals surface area contributed by atoms with E-state index in [2.05, 4.69) is 98.7 Å². The Balaban J connectivity index is 0.000000139. The fourth-order valence-corrected chi connectivity index (χ4v) is 10.5. The quantitative estimate of drug-likeness (QED) is 0.0996. The summed E-state index contributed by atoms with van der Waals surface area (Å²) in [6, 6.07) is 31.9. The third-order valence-electron chi connectivity index (χ3n) is 14.1. The van der Waals surface area contributed by atoms with Crippen LogP contribution in [0.1, 0.15) is 84.1 Å². The number of aryl methyl sites for hydroxylation is 6. The van der Waals surface area contributed by atoms with Crippen molar-refractivity contribution >= 4 is 45.9 Å². The van der Waals surface area contributed by atoms with Crippen LogP contribution >= 0.6 is 0 Å². The fourth-order valence-electron chi connectivity index (χ4n) is 10.5. The number of rotatable bonds is 10. The molecule has 0 unspecified atom stereocenters. The Morgan fingerprint density at radius 3 is 1.43 bits per heavy atom. The number of benzene rings is 3. The van der Waals surface area contributed by atoms with Crippen LogP contribution in [0.15, 0.2) is 109 Å². The average Bonchev–Trinajstić information content (AvgIpc) is 3.77. The number of hydrogen-bond donors (Lipinski definition) is 4. The standard InChI is InChI=1S/C22H26N6O.C20H22N6O.C20H18N6O/c1-5-27-10-9-18-17(13-27)7-6-8-19(18)20-12-21(23-16(4)29)25-22(24-20)28-15(3)11-14(2)26-28;2*1-12-9-13(2)26(25-12)20-23-18(10-19(24-20)22-14(3)27)17-6-4-5-15-11-21-8-7-16(15)17/h6-8,11-12H,5,9-10,13H2,1-4H3,(H,23,24,25,29);4-6,9-10,21H,7-8,11H2,1-3H3,(H,22,23,24,27);4-11H,1-3H3,(H,22,23,24,27). The number of carbonyl (C=O) groups is 3. The molecule has 0 radical (unpaired) electrons. The minimum absolute atomic E-state index is 0.164. The first kappa shape index (κ1) is 56.5. The lowest BCUT2D eigenvalue weighted by Crippen LogP contribution is -2.30. The molecule has 83 heavy (non-hydrogen) atoms. The minimum Gasteiger partial charge on any atom is -0.312 e. The number of amides is 3. The molecule has 0 aliphatic carbocycles. The molecular formula is C62H66N18O3. The molecule has 9 heterocycles. The van der Waals surface area contributed by atoms with Gasteiger partial charge in [0.2, 0.25) is 17.7 Å². The van der Waals surface area contributed by atoms with Gasteiger partial charge in [0.1, 0.15) is 17.5 Å². The van der Waals surface area contributed by atoms with Gasteiger partial charge in [-0.2, -0.15) is 30.2 Å². The predicted octanol–water partition coefficient (Wildman–Crippen LogP) is 9.29. The highest BCUT2D eigenvalue weighted by Gasteiger charge is 2.22. The Morgan fingerprint density at radius 1 is 0.530 bits per heavy atom. The van der Waals surface area contributed by atoms with Gasteiger partial charge in [0.25, 0.3) is 17.8 Å². The van der Waals surface area contributed by atoms with E-state index < -0.39 is 0 Å². The van der Waals surface area contributed by atoms with Gasteiger partial charge in [0.15, 0.2) is 0 Å². The number of likely N-dealkylation sites (N-methyl/N-ethyl adjacent to an activating group) is 1. The summed E-state index contributed by atoms with van der Waals surface area (Å²) in [4.78, 5) is 69.3. The highest BCUT2D eigenvalue weighted by Crippen LogP contribution is 2.33. The van der Waals surface area contributed by atoms with Crippen molar-refractivity contribution in [2.75, 3.05) is 35.6 Å². The third kappa shape index (κ3) is 13.1. The van der Waals surface area contributed by atoms with Crippen molar-refractivity contribution in [3.8, 4) is 51.6 Å². The molecule has 2 aliphatic heterocycles. The Bertz CT molecular complexity index is 4080. The van der Waals surface area contributed by atoms with Crippen molar-refractivity contribution < 1.29 is 14.4 Å². The number of pyridine rings is 1. The summed E-state index contributed by atoms with van der Waals surface area (Å²) < 4.78 is 5.11. The molecule has 21 heteroatoms. The molecule has 10 aromatic rings. The van der Waals surface area contributed by atoms with E-state index >= 15 is 0 Å². The zero-order valence-corrected chi connectivity index (χ0v) is 48.3. The summed E-state index contributed by atoms with van der Waals surface area (Å²) in [7, 11) is 0. The second-order valence-corrected chi connectivity index (χ2v) is 20.7. The molecule has 4 N–H and O–H groups in total. The molecule has 3 amide bonds. The Morgan fingerprint density at radius 2 is 0.976 bits per heavy atom. The van der Waals surface area contributed by atoms with Gasteiger partial charge < -0.3 is 21.3 Å². The Hall–Kier alpha value is -9.73. The number of anilines is 3. The van der Waals surface area contributed by atoms with Crippen LogP contribution < -0.4 is 21.3 Å². The predicted molar refractivity (Wildman–Crippen MR) is 320 cm³/mol. The molecule has 3 aromatic carbocycles. The molecule has 7 aromatic heterocycles. The van der Waals surface area contributed by atoms with Crippen molar-refractivity contribution in [3.05, 3.63) is 166 Å². The average molecular weight is 1110 g/mol. The molecular weight excluding hydrogens is 1040 g/mol. The summed E-state index contributed by atoms with van der Waals surface area (Å²) in [5.74, 6) is 2.18. The first-order valence-electron chi connectivity index (χ1n) is 27.6. The zero-order chi connectivity index (χ0) is 58.5. The van der Waals surface area contributed by atoms with Gasteiger partial charge in [-0.15, -0.1) is 0 Å². The second kappa shape index (κ2) is 24.6. The van der Waals surface area contributed by atoms with Gasteiger partial charge in [0, 0.05) is 110 Å². The van der Waals surface area contributed by atoms with Crippen molar-refractivity contribution in [2.45, 2.75) is 95.2 Å². The van der Waals surface area contributed by atoms with E-state index in [1.165, 1.54) is 43.0 Å². The van der Waals surface area contributed by atoms with Gasteiger partial charge in [-0.1, -0.05) is 61.5 Å². The molecule has 12 rings (SSSR count). The van der Waals surface area contributed by atoms with Crippen LogP contribution in [0.3, 0.4) is 0 Å². The number of aromatic nitrogens is 13. The minimum atomic E-state index is -0.193. The van der Waals surface area contributed by atoms with Crippen LogP contribution in [0.25, 0.3) is 62.4 Å². The molecule has 0 saturated carbocycles. The molecule has 422 valence electrons. The van der Waals surface area contributed by atoms with E-state index in [4.69, 9.17) is 15.0 Å². The molecule has 0 saturated heterocycles. The molecule has 21 nitrogen and oxygen atoms in total. The normalized spacial score (nSPS) is 12.7. The molecule has 0 atom stereocenters. The highest BCUT2D eigenvalue weighted by molar-refractivity contribution is 5.96. The van der Waals surface area contributed by atoms with Crippen LogP contribution in [0.5, 0.6) is 0 Å². The van der Waals surface area contributed by atoms with Crippen molar-refractivity contribution in [2.24, 2.45) is 0 Å². The maximum absolute atomic E-state index is 11.7. The second-order valence-electron chi connectivity index (χ2n) is 20.7. The SMILES string of the molecule is CC(=O)Nc1cc(-c2cccc3c2CCNC3)nc(-n2nc(C)cc2C)n1.CC(=O)Nc1cc(-c2cccc3cnccc23)nc(-n2nc(C)cc2C)n1.CCN1CCc2c(cccc2-c2cc(NC(C)=O)nc(-n3nc(C)cc3C)n2)C1. The van der Waals surface area contributed by atoms with Crippen molar-refractivity contribution in [1.82, 2.24) is 74.4 Å². The van der Waals surface area contributed by atoms with Crippen molar-refractivity contribution in [3.63, 3.8) is 0 Å². The summed E-state index contributed by atoms with van der Waals surface area (Å²) in [6.45, 7) is 23.1. The van der Waals surface area contributed by atoms with Crippen LogP contribution in [0, 0.1) is 41.5 Å². The van der Waals surface area contributed by atoms with Gasteiger partial charge in [-0.05, 0) is 119 Å². The molecule has 2 aliphatic rings. The highest BCUT2D eigenvalue weighted by atomic mass is 16.2. The monoisotopic (exact) mass is 1110 g/mol. The van der Waals surface area contributed by atoms with E-state index in [9.17, 15) is 14.4 Å². The lowest BCUT2D eigenvalue weighted by atomic mass is 9.93. The lowest BCUT2D eigenvalue weighted by Gasteiger charge is -2.29. The summed E-state index contributed by atoms with van der Waals surface area (Å²) in [5.41, 5.74) is 16.1. The molecule has 0 spiro atoms. The summed E-state index contributed by atoms with van der Waals surface area (Å²) >= 11 is 0.